The highest BCUT2D eigenvalue weighted by Gasteiger charge is 2.25. The first kappa shape index (κ1) is 31.9. The third-order valence-corrected chi connectivity index (χ3v) is 5.35. The first-order chi connectivity index (χ1) is 18.8. The van der Waals surface area contributed by atoms with E-state index in [9.17, 15) is 14.4 Å². The monoisotopic (exact) mass is 578 g/mol. The molecule has 2 amide bonds. The Morgan fingerprint density at radius 3 is 2.38 bits per heavy atom. The lowest BCUT2D eigenvalue weighted by molar-refractivity contribution is -0.143. The minimum atomic E-state index is -1.04. The predicted octanol–water partition coefficient (Wildman–Crippen LogP) is 2.02. The molecule has 8 N–H and O–H groups in total. The fourth-order valence-electron chi connectivity index (χ4n) is 3.19. The van der Waals surface area contributed by atoms with Gasteiger partial charge in [0, 0.05) is 6.54 Å². The number of unbranched alkanes of at least 4 members (excludes halogenated alkanes) is 1. The number of guanidine groups is 1. The molecule has 0 aliphatic carbocycles. The average Bonchev–Trinajstić information content (AvgIpc) is 2.87. The van der Waals surface area contributed by atoms with Crippen molar-refractivity contribution in [3.63, 3.8) is 0 Å². The number of hydrogen-bond donors (Lipinski definition) is 6. The van der Waals surface area contributed by atoms with E-state index in [0.717, 1.165) is 24.8 Å². The Morgan fingerprint density at radius 1 is 1.07 bits per heavy atom. The number of halogens is 1. The number of nitrogens with two attached hydrogens (primary N) is 2. The van der Waals surface area contributed by atoms with Crippen LogP contribution in [0.3, 0.4) is 0 Å². The van der Waals surface area contributed by atoms with Crippen LogP contribution in [0.1, 0.15) is 49.7 Å². The lowest BCUT2D eigenvalue weighted by atomic mass is 10.1. The standard InChI is InChI=1S/C25H35ClN8O6/c1-25(2,3)40-24(37)31-16(22(36)38-4)13-39-15-10-8-14(9-11-15)7-5-6-12-30-23(29)34-21(35)17-19(27)33-20(28)18(26)32-17/h8-11,16H,5-7,12-13H2,1-4H3,(H,31,37)(H4,27,28,33)(H3,29,30,34,35)/t16-/m0/s1. The Morgan fingerprint density at radius 2 is 1.75 bits per heavy atom. The molecule has 1 aromatic heterocycles. The topological polar surface area (TPSA) is 217 Å². The van der Waals surface area contributed by atoms with Crippen LogP contribution in [-0.2, 0) is 20.7 Å². The van der Waals surface area contributed by atoms with E-state index in [1.54, 1.807) is 32.9 Å². The summed E-state index contributed by atoms with van der Waals surface area (Å²) in [5, 5.41) is 15.3. The molecule has 0 radical (unpaired) electrons. The third-order valence-electron chi connectivity index (χ3n) is 5.07. The molecule has 2 aromatic rings. The number of nitrogen functional groups attached to an aromatic ring is 2. The van der Waals surface area contributed by atoms with E-state index in [1.165, 1.54) is 7.11 Å². The number of aryl methyl sites for hydroxylation is 1. The van der Waals surface area contributed by atoms with Crippen LogP contribution in [0.2, 0.25) is 5.15 Å². The quantitative estimate of drug-likeness (QED) is 0.0980. The van der Waals surface area contributed by atoms with Crippen molar-refractivity contribution in [2.45, 2.75) is 51.7 Å². The highest BCUT2D eigenvalue weighted by Crippen LogP contribution is 2.17. The van der Waals surface area contributed by atoms with Crippen molar-refractivity contribution in [2.75, 3.05) is 31.7 Å². The molecule has 1 aromatic carbocycles. The molecule has 218 valence electrons. The molecule has 0 saturated heterocycles. The summed E-state index contributed by atoms with van der Waals surface area (Å²) in [7, 11) is 1.22. The number of benzene rings is 1. The fraction of sp³-hybridized carbons (Fsp3) is 0.440. The lowest BCUT2D eigenvalue weighted by Crippen LogP contribution is -2.47. The molecule has 15 heteroatoms. The number of alkyl carbamates (subject to hydrolysis) is 1. The van der Waals surface area contributed by atoms with Crippen molar-refractivity contribution in [3.05, 3.63) is 40.7 Å². The molecule has 14 nitrogen and oxygen atoms in total. The van der Waals surface area contributed by atoms with Gasteiger partial charge in [0.25, 0.3) is 5.91 Å². The molecule has 1 heterocycles. The second kappa shape index (κ2) is 14.7. The summed E-state index contributed by atoms with van der Waals surface area (Å²) in [4.78, 5) is 43.8. The first-order valence-corrected chi connectivity index (χ1v) is 12.7. The molecule has 0 aliphatic rings. The zero-order valence-corrected chi connectivity index (χ0v) is 23.6. The molecule has 2 rings (SSSR count). The van der Waals surface area contributed by atoms with Crippen molar-refractivity contribution in [2.24, 2.45) is 0 Å². The second-order valence-electron chi connectivity index (χ2n) is 9.52. The largest absolute Gasteiger partial charge is 0.491 e. The number of nitrogens with one attached hydrogen (secondary N) is 4. The van der Waals surface area contributed by atoms with Gasteiger partial charge in [-0.1, -0.05) is 23.7 Å². The maximum atomic E-state index is 12.2. The Labute approximate surface area is 237 Å². The predicted molar refractivity (Wildman–Crippen MR) is 149 cm³/mol. The summed E-state index contributed by atoms with van der Waals surface area (Å²) in [6.45, 7) is 5.46. The summed E-state index contributed by atoms with van der Waals surface area (Å²) in [6, 6.07) is 6.27. The maximum absolute atomic E-state index is 12.2. The van der Waals surface area contributed by atoms with Crippen molar-refractivity contribution < 1.29 is 28.6 Å². The van der Waals surface area contributed by atoms with Gasteiger partial charge >= 0.3 is 12.1 Å². The Kier molecular flexibility index (Phi) is 11.7. The minimum Gasteiger partial charge on any atom is -0.491 e. The smallest absolute Gasteiger partial charge is 0.408 e. The summed E-state index contributed by atoms with van der Waals surface area (Å²) >= 11 is 5.78. The molecule has 0 aliphatic heterocycles. The van der Waals surface area contributed by atoms with Gasteiger partial charge in [-0.3, -0.25) is 15.5 Å². The molecule has 1 atom stereocenters. The van der Waals surface area contributed by atoms with Crippen molar-refractivity contribution in [1.82, 2.24) is 25.9 Å². The van der Waals surface area contributed by atoms with Crippen LogP contribution < -0.4 is 32.2 Å². The van der Waals surface area contributed by atoms with Crippen LogP contribution in [0.15, 0.2) is 24.3 Å². The molecule has 0 spiro atoms. The van der Waals surface area contributed by atoms with E-state index in [0.29, 0.717) is 12.3 Å². The van der Waals surface area contributed by atoms with Gasteiger partial charge in [0.15, 0.2) is 34.5 Å². The number of carbonyl (C=O) groups excluding carboxylic acids is 3. The van der Waals surface area contributed by atoms with Gasteiger partial charge in [-0.2, -0.15) is 0 Å². The molecular weight excluding hydrogens is 544 g/mol. The number of ether oxygens (including phenoxy) is 3. The number of hydrogen-bond acceptors (Lipinski definition) is 11. The second-order valence-corrected chi connectivity index (χ2v) is 9.88. The van der Waals surface area contributed by atoms with Gasteiger partial charge in [0.2, 0.25) is 0 Å². The fourth-order valence-corrected chi connectivity index (χ4v) is 3.31. The van der Waals surface area contributed by atoms with Gasteiger partial charge in [0.05, 0.1) is 7.11 Å². The maximum Gasteiger partial charge on any atom is 0.408 e. The van der Waals surface area contributed by atoms with Gasteiger partial charge < -0.3 is 36.3 Å². The van der Waals surface area contributed by atoms with Gasteiger partial charge in [0.1, 0.15) is 18.0 Å². The number of anilines is 2. The lowest BCUT2D eigenvalue weighted by Gasteiger charge is -2.22. The van der Waals surface area contributed by atoms with Crippen LogP contribution in [-0.4, -0.2) is 65.8 Å². The Hall–Kier alpha value is -4.33. The zero-order valence-electron chi connectivity index (χ0n) is 22.8. The number of esters is 1. The van der Waals surface area contributed by atoms with Crippen LogP contribution in [0, 0.1) is 5.41 Å². The molecule has 0 unspecified atom stereocenters. The number of aromatic nitrogens is 2. The molecule has 0 bridgehead atoms. The van der Waals surface area contributed by atoms with Crippen molar-refractivity contribution in [3.8, 4) is 5.75 Å². The molecule has 0 saturated carbocycles. The zero-order chi connectivity index (χ0) is 29.9. The van der Waals surface area contributed by atoms with Gasteiger partial charge in [-0.25, -0.2) is 19.6 Å². The van der Waals surface area contributed by atoms with Crippen LogP contribution in [0.25, 0.3) is 0 Å². The summed E-state index contributed by atoms with van der Waals surface area (Å²) in [6.07, 6.45) is 1.55. The summed E-state index contributed by atoms with van der Waals surface area (Å²) < 4.78 is 15.6. The van der Waals surface area contributed by atoms with Gasteiger partial charge in [-0.15, -0.1) is 0 Å². The van der Waals surface area contributed by atoms with E-state index in [2.05, 4.69) is 25.9 Å². The van der Waals surface area contributed by atoms with E-state index in [4.69, 9.17) is 42.7 Å². The minimum absolute atomic E-state index is 0.0918. The normalized spacial score (nSPS) is 11.6. The van der Waals surface area contributed by atoms with Crippen LogP contribution >= 0.6 is 11.6 Å². The summed E-state index contributed by atoms with van der Waals surface area (Å²) in [5.74, 6) is -1.37. The first-order valence-electron chi connectivity index (χ1n) is 12.3. The van der Waals surface area contributed by atoms with Crippen LogP contribution in [0.5, 0.6) is 5.75 Å². The van der Waals surface area contributed by atoms with E-state index < -0.39 is 29.6 Å². The number of nitrogens with zero attached hydrogens (tertiary/aromatic N) is 2. The van der Waals surface area contributed by atoms with Gasteiger partial charge in [-0.05, 0) is 57.7 Å². The van der Waals surface area contributed by atoms with E-state index in [1.807, 2.05) is 12.1 Å². The molecular formula is C25H35ClN8O6. The molecule has 40 heavy (non-hydrogen) atoms. The highest BCUT2D eigenvalue weighted by atomic mass is 35.5. The Bertz CT molecular complexity index is 1200. The number of methoxy groups -OCH3 is 1. The van der Waals surface area contributed by atoms with E-state index in [-0.39, 0.29) is 35.0 Å². The molecule has 0 fully saturated rings. The number of amides is 2. The van der Waals surface area contributed by atoms with E-state index >= 15 is 0 Å². The van der Waals surface area contributed by atoms with Crippen LogP contribution in [0.4, 0.5) is 16.4 Å². The van der Waals surface area contributed by atoms with Crippen molar-refractivity contribution in [1.29, 1.82) is 5.41 Å². The number of carbonyl (C=O) groups is 3. The van der Waals surface area contributed by atoms with Crippen molar-refractivity contribution >= 4 is 47.2 Å². The summed E-state index contributed by atoms with van der Waals surface area (Å²) in [5.41, 5.74) is 11.3. The number of rotatable bonds is 11. The Balaban J connectivity index is 1.73. The highest BCUT2D eigenvalue weighted by molar-refractivity contribution is 6.31. The average molecular weight is 579 g/mol. The third kappa shape index (κ3) is 10.8. The SMILES string of the molecule is COC(=O)[C@H](COc1ccc(CCCCNC(=N)NC(=O)c2nc(Cl)c(N)nc2N)cc1)NC(=O)OC(C)(C)C.